The summed E-state index contributed by atoms with van der Waals surface area (Å²) in [6.07, 6.45) is 0.899. The molecule has 5 nitrogen and oxygen atoms in total. The maximum atomic E-state index is 13.8. The van der Waals surface area contributed by atoms with E-state index in [0.29, 0.717) is 18.0 Å². The van der Waals surface area contributed by atoms with Gasteiger partial charge in [0, 0.05) is 30.8 Å². The van der Waals surface area contributed by atoms with Crippen LogP contribution in [0.5, 0.6) is 0 Å². The molecule has 0 aromatic heterocycles. The molecule has 112 valence electrons. The minimum absolute atomic E-state index is 0. The first kappa shape index (κ1) is 16.8. The van der Waals surface area contributed by atoms with Crippen molar-refractivity contribution in [2.45, 2.75) is 25.9 Å². The number of benzene rings is 1. The summed E-state index contributed by atoms with van der Waals surface area (Å²) in [6, 6.07) is 4.02. The number of likely N-dealkylation sites (tertiary alicyclic amines) is 1. The third kappa shape index (κ3) is 3.88. The number of non-ortho nitro benzene ring substituents is 1. The fraction of sp³-hybridized carbons (Fsp3) is 0.538. The molecule has 0 aliphatic carbocycles. The number of rotatable bonds is 3. The highest BCUT2D eigenvalue weighted by Crippen LogP contribution is 2.21. The van der Waals surface area contributed by atoms with Crippen LogP contribution in [0.25, 0.3) is 0 Å². The van der Waals surface area contributed by atoms with Gasteiger partial charge >= 0.3 is 0 Å². The number of nitro benzene ring substituents is 1. The Morgan fingerprint density at radius 3 is 2.80 bits per heavy atom. The molecule has 2 N–H and O–H groups in total. The predicted molar refractivity (Wildman–Crippen MR) is 77.3 cm³/mol. The highest BCUT2D eigenvalue weighted by molar-refractivity contribution is 5.85. The van der Waals surface area contributed by atoms with E-state index in [1.165, 1.54) is 12.1 Å². The average molecular weight is 304 g/mol. The normalized spacial score (nSPS) is 23.1. The SMILES string of the molecule is CC1CN(Cc2ccc([N+](=O)[O-])cc2F)CCC1N.Cl. The van der Waals surface area contributed by atoms with Crippen molar-refractivity contribution in [3.8, 4) is 0 Å². The number of piperidine rings is 1. The molecule has 20 heavy (non-hydrogen) atoms. The quantitative estimate of drug-likeness (QED) is 0.687. The summed E-state index contributed by atoms with van der Waals surface area (Å²) >= 11 is 0. The summed E-state index contributed by atoms with van der Waals surface area (Å²) in [5, 5.41) is 10.5. The summed E-state index contributed by atoms with van der Waals surface area (Å²) in [7, 11) is 0. The van der Waals surface area contributed by atoms with E-state index < -0.39 is 10.7 Å². The van der Waals surface area contributed by atoms with Crippen molar-refractivity contribution in [3.05, 3.63) is 39.7 Å². The Labute approximate surface area is 123 Å². The van der Waals surface area contributed by atoms with Crippen LogP contribution in [0.1, 0.15) is 18.9 Å². The predicted octanol–water partition coefficient (Wildman–Crippen LogP) is 2.32. The highest BCUT2D eigenvalue weighted by atomic mass is 35.5. The maximum absolute atomic E-state index is 13.8. The van der Waals surface area contributed by atoms with Crippen LogP contribution in [0.3, 0.4) is 0 Å². The van der Waals surface area contributed by atoms with Gasteiger partial charge in [-0.3, -0.25) is 15.0 Å². The fourth-order valence-electron chi connectivity index (χ4n) is 2.41. The molecule has 1 aromatic carbocycles. The van der Waals surface area contributed by atoms with Crippen molar-refractivity contribution < 1.29 is 9.31 Å². The minimum atomic E-state index is -0.588. The number of nitrogens with zero attached hydrogens (tertiary/aromatic N) is 2. The van der Waals surface area contributed by atoms with Gasteiger partial charge in [-0.1, -0.05) is 6.92 Å². The lowest BCUT2D eigenvalue weighted by Gasteiger charge is -2.35. The topological polar surface area (TPSA) is 72.4 Å². The van der Waals surface area contributed by atoms with Crippen LogP contribution in [0.15, 0.2) is 18.2 Å². The Hall–Kier alpha value is -1.24. The van der Waals surface area contributed by atoms with Crippen molar-refractivity contribution in [1.29, 1.82) is 0 Å². The first-order valence-electron chi connectivity index (χ1n) is 6.38. The summed E-state index contributed by atoms with van der Waals surface area (Å²) in [6.45, 7) is 4.23. The molecular weight excluding hydrogens is 285 g/mol. The molecule has 2 unspecified atom stereocenters. The molecular formula is C13H19ClFN3O2. The number of hydrogen-bond donors (Lipinski definition) is 1. The molecule has 2 atom stereocenters. The second-order valence-corrected chi connectivity index (χ2v) is 5.20. The first-order valence-corrected chi connectivity index (χ1v) is 6.38. The van der Waals surface area contributed by atoms with Crippen molar-refractivity contribution in [1.82, 2.24) is 4.90 Å². The van der Waals surface area contributed by atoms with Crippen LogP contribution in [-0.4, -0.2) is 29.0 Å². The van der Waals surface area contributed by atoms with Crippen LogP contribution in [-0.2, 0) is 6.54 Å². The van der Waals surface area contributed by atoms with Crippen LogP contribution >= 0.6 is 12.4 Å². The Bertz CT molecular complexity index is 487. The Morgan fingerprint density at radius 2 is 2.25 bits per heavy atom. The van der Waals surface area contributed by atoms with Crippen molar-refractivity contribution in [2.75, 3.05) is 13.1 Å². The number of nitrogens with two attached hydrogens (primary N) is 1. The molecule has 7 heteroatoms. The second kappa shape index (κ2) is 6.97. The van der Waals surface area contributed by atoms with E-state index in [-0.39, 0.29) is 24.1 Å². The van der Waals surface area contributed by atoms with Gasteiger partial charge in [-0.15, -0.1) is 12.4 Å². The Balaban J connectivity index is 0.00000200. The smallest absolute Gasteiger partial charge is 0.272 e. The molecule has 0 saturated carbocycles. The number of halogens is 2. The van der Waals surface area contributed by atoms with Gasteiger partial charge < -0.3 is 5.73 Å². The van der Waals surface area contributed by atoms with Gasteiger partial charge in [-0.2, -0.15) is 0 Å². The summed E-state index contributed by atoms with van der Waals surface area (Å²) in [4.78, 5) is 12.1. The zero-order valence-electron chi connectivity index (χ0n) is 11.3. The minimum Gasteiger partial charge on any atom is -0.327 e. The van der Waals surface area contributed by atoms with Crippen molar-refractivity contribution >= 4 is 18.1 Å². The Morgan fingerprint density at radius 1 is 1.55 bits per heavy atom. The molecule has 1 aromatic rings. The van der Waals surface area contributed by atoms with E-state index in [2.05, 4.69) is 11.8 Å². The van der Waals surface area contributed by atoms with Crippen molar-refractivity contribution in [2.24, 2.45) is 11.7 Å². The van der Waals surface area contributed by atoms with Crippen LogP contribution < -0.4 is 5.73 Å². The van der Waals surface area contributed by atoms with Gasteiger partial charge in [-0.05, 0) is 24.9 Å². The summed E-state index contributed by atoms with van der Waals surface area (Å²) < 4.78 is 13.8. The van der Waals surface area contributed by atoms with Crippen LogP contribution in [0.2, 0.25) is 0 Å². The van der Waals surface area contributed by atoms with Crippen LogP contribution in [0, 0.1) is 21.8 Å². The molecule has 0 radical (unpaired) electrons. The maximum Gasteiger partial charge on any atom is 0.272 e. The van der Waals surface area contributed by atoms with Gasteiger partial charge in [0.15, 0.2) is 0 Å². The molecule has 0 spiro atoms. The Kier molecular flexibility index (Phi) is 5.86. The van der Waals surface area contributed by atoms with E-state index in [9.17, 15) is 14.5 Å². The first-order chi connectivity index (χ1) is 8.97. The average Bonchev–Trinajstić information content (AvgIpc) is 2.36. The molecule has 0 amide bonds. The standard InChI is InChI=1S/C13H18FN3O2.ClH/c1-9-7-16(5-4-13(9)15)8-10-2-3-11(17(18)19)6-12(10)14;/h2-3,6,9,13H,4-5,7-8,15H2,1H3;1H. The largest absolute Gasteiger partial charge is 0.327 e. The third-order valence-electron chi connectivity index (χ3n) is 3.70. The lowest BCUT2D eigenvalue weighted by atomic mass is 9.94. The molecule has 2 rings (SSSR count). The zero-order chi connectivity index (χ0) is 14.0. The zero-order valence-corrected chi connectivity index (χ0v) is 12.1. The number of nitro groups is 1. The monoisotopic (exact) mass is 303 g/mol. The molecule has 1 aliphatic rings. The highest BCUT2D eigenvalue weighted by Gasteiger charge is 2.23. The number of hydrogen-bond acceptors (Lipinski definition) is 4. The summed E-state index contributed by atoms with van der Waals surface area (Å²) in [5.74, 6) is -0.133. The second-order valence-electron chi connectivity index (χ2n) is 5.20. The van der Waals surface area contributed by atoms with Crippen molar-refractivity contribution in [3.63, 3.8) is 0 Å². The van der Waals surface area contributed by atoms with Gasteiger partial charge in [0.05, 0.1) is 11.0 Å². The molecule has 1 aliphatic heterocycles. The van der Waals surface area contributed by atoms with E-state index in [0.717, 1.165) is 25.6 Å². The van der Waals surface area contributed by atoms with Gasteiger partial charge in [0.2, 0.25) is 0 Å². The molecule has 0 bridgehead atoms. The molecule has 1 heterocycles. The lowest BCUT2D eigenvalue weighted by molar-refractivity contribution is -0.385. The van der Waals surface area contributed by atoms with Gasteiger partial charge in [-0.25, -0.2) is 4.39 Å². The summed E-state index contributed by atoms with van der Waals surface area (Å²) in [5.41, 5.74) is 6.22. The van der Waals surface area contributed by atoms with Gasteiger partial charge in [0.1, 0.15) is 5.82 Å². The lowest BCUT2D eigenvalue weighted by Crippen LogP contribution is -2.45. The van der Waals surface area contributed by atoms with Gasteiger partial charge in [0.25, 0.3) is 5.69 Å². The van der Waals surface area contributed by atoms with E-state index >= 15 is 0 Å². The third-order valence-corrected chi connectivity index (χ3v) is 3.70. The van der Waals surface area contributed by atoms with E-state index in [4.69, 9.17) is 5.73 Å². The van der Waals surface area contributed by atoms with E-state index in [1.54, 1.807) is 0 Å². The van der Waals surface area contributed by atoms with Crippen LogP contribution in [0.4, 0.5) is 10.1 Å². The fourth-order valence-corrected chi connectivity index (χ4v) is 2.41. The molecule has 1 saturated heterocycles. The van der Waals surface area contributed by atoms with E-state index in [1.807, 2.05) is 0 Å². The molecule has 1 fully saturated rings.